The number of hydrogen-bond donors (Lipinski definition) is 3. The van der Waals surface area contributed by atoms with E-state index >= 15 is 0 Å². The first kappa shape index (κ1) is 46.2. The normalized spacial score (nSPS) is 14.8. The number of amides is 1. The summed E-state index contributed by atoms with van der Waals surface area (Å²) >= 11 is 0. The number of unbranched alkanes of at least 4 members (excludes halogenated alkanes) is 20. The van der Waals surface area contributed by atoms with Crippen LogP contribution in [0.1, 0.15) is 174 Å². The van der Waals surface area contributed by atoms with Crippen molar-refractivity contribution in [3.8, 4) is 0 Å². The van der Waals surface area contributed by atoms with Gasteiger partial charge in [0.1, 0.15) is 13.2 Å². The maximum atomic E-state index is 12.8. The maximum Gasteiger partial charge on any atom is 0.472 e. The molecule has 0 aromatic rings. The van der Waals surface area contributed by atoms with Gasteiger partial charge < -0.3 is 19.8 Å². The molecule has 0 saturated carbocycles. The molecular weight excluding hydrogens is 611 g/mol. The number of quaternary nitrogens is 1. The molecule has 0 heterocycles. The van der Waals surface area contributed by atoms with Crippen molar-refractivity contribution in [1.29, 1.82) is 0 Å². The quantitative estimate of drug-likeness (QED) is 0.0265. The van der Waals surface area contributed by atoms with Gasteiger partial charge in [0.05, 0.1) is 39.9 Å². The summed E-state index contributed by atoms with van der Waals surface area (Å²) in [6.07, 6.45) is 32.2. The van der Waals surface area contributed by atoms with Crippen LogP contribution in [0.3, 0.4) is 0 Å². The van der Waals surface area contributed by atoms with E-state index in [1.54, 1.807) is 0 Å². The Morgan fingerprint density at radius 1 is 0.702 bits per heavy atom. The van der Waals surface area contributed by atoms with Gasteiger partial charge in [0.15, 0.2) is 0 Å². The fourth-order valence-corrected chi connectivity index (χ4v) is 6.30. The average molecular weight is 690 g/mol. The number of nitrogens with one attached hydrogen (secondary N) is 1. The first-order valence-electron chi connectivity index (χ1n) is 19.6. The van der Waals surface area contributed by atoms with Crippen LogP contribution in [0.25, 0.3) is 0 Å². The minimum Gasteiger partial charge on any atom is -0.391 e. The second kappa shape index (κ2) is 31.2. The van der Waals surface area contributed by atoms with E-state index in [2.05, 4.69) is 31.3 Å². The fraction of sp³-hybridized carbons (Fsp3) is 0.921. The third-order valence-electron chi connectivity index (χ3n) is 8.76. The number of phosphoric acid groups is 1. The zero-order chi connectivity index (χ0) is 35.1. The van der Waals surface area contributed by atoms with Crippen LogP contribution in [-0.2, 0) is 18.4 Å². The molecule has 1 amide bonds. The van der Waals surface area contributed by atoms with Crippen LogP contribution in [0.5, 0.6) is 0 Å². The summed E-state index contributed by atoms with van der Waals surface area (Å²) in [4.78, 5) is 23.0. The zero-order valence-corrected chi connectivity index (χ0v) is 32.4. The Labute approximate surface area is 291 Å². The Morgan fingerprint density at radius 3 is 1.66 bits per heavy atom. The Morgan fingerprint density at radius 2 is 1.15 bits per heavy atom. The standard InChI is InChI=1S/C38H77N2O6P/c1-6-8-10-12-14-16-18-20-22-24-26-28-30-32-38(42)39-36(35-46-47(43,44)45-34-33-40(3,4)5)37(41)31-29-27-25-23-21-19-17-15-13-11-9-7-2/h16,18,36-37,41H,6-15,17,19-35H2,1-5H3,(H-,39,42,43,44)/p+1/b18-16+/t36-,37+/m0/s1. The highest BCUT2D eigenvalue weighted by molar-refractivity contribution is 7.47. The van der Waals surface area contributed by atoms with E-state index in [0.29, 0.717) is 23.9 Å². The number of phosphoric ester groups is 1. The highest BCUT2D eigenvalue weighted by Crippen LogP contribution is 2.43. The highest BCUT2D eigenvalue weighted by atomic mass is 31.2. The Balaban J connectivity index is 4.47. The third kappa shape index (κ3) is 33.5. The lowest BCUT2D eigenvalue weighted by Crippen LogP contribution is -2.46. The molecule has 0 aromatic carbocycles. The molecule has 9 heteroatoms. The van der Waals surface area contributed by atoms with Crippen molar-refractivity contribution in [1.82, 2.24) is 5.32 Å². The summed E-state index contributed by atoms with van der Waals surface area (Å²) in [6.45, 7) is 4.84. The van der Waals surface area contributed by atoms with Crippen LogP contribution < -0.4 is 5.32 Å². The molecule has 280 valence electrons. The van der Waals surface area contributed by atoms with Gasteiger partial charge in [-0.1, -0.05) is 142 Å². The summed E-state index contributed by atoms with van der Waals surface area (Å²) in [6, 6.07) is -0.758. The van der Waals surface area contributed by atoms with E-state index in [1.807, 2.05) is 21.1 Å². The van der Waals surface area contributed by atoms with E-state index in [1.165, 1.54) is 96.3 Å². The van der Waals surface area contributed by atoms with Crippen molar-refractivity contribution in [2.24, 2.45) is 0 Å². The van der Waals surface area contributed by atoms with Crippen LogP contribution in [0.2, 0.25) is 0 Å². The average Bonchev–Trinajstić information content (AvgIpc) is 3.01. The number of carbonyl (C=O) groups excluding carboxylic acids is 1. The maximum absolute atomic E-state index is 12.8. The predicted molar refractivity (Wildman–Crippen MR) is 198 cm³/mol. The van der Waals surface area contributed by atoms with Gasteiger partial charge in [0.25, 0.3) is 0 Å². The van der Waals surface area contributed by atoms with Gasteiger partial charge in [-0.25, -0.2) is 4.57 Å². The van der Waals surface area contributed by atoms with Crippen molar-refractivity contribution in [3.63, 3.8) is 0 Å². The molecular formula is C38H78N2O6P+. The van der Waals surface area contributed by atoms with Crippen molar-refractivity contribution in [2.45, 2.75) is 187 Å². The predicted octanol–water partition coefficient (Wildman–Crippen LogP) is 10.0. The number of rotatable bonds is 35. The number of hydrogen-bond acceptors (Lipinski definition) is 5. The van der Waals surface area contributed by atoms with Crippen molar-refractivity contribution >= 4 is 13.7 Å². The monoisotopic (exact) mass is 690 g/mol. The highest BCUT2D eigenvalue weighted by Gasteiger charge is 2.28. The fourth-order valence-electron chi connectivity index (χ4n) is 5.57. The number of carbonyl (C=O) groups is 1. The molecule has 3 atom stereocenters. The molecule has 0 aromatic heterocycles. The Kier molecular flexibility index (Phi) is 30.7. The molecule has 0 spiro atoms. The second-order valence-corrected chi connectivity index (χ2v) is 16.1. The van der Waals surface area contributed by atoms with Crippen LogP contribution >= 0.6 is 7.82 Å². The first-order chi connectivity index (χ1) is 22.5. The van der Waals surface area contributed by atoms with E-state index in [4.69, 9.17) is 9.05 Å². The van der Waals surface area contributed by atoms with Gasteiger partial charge in [0, 0.05) is 6.42 Å². The van der Waals surface area contributed by atoms with Crippen LogP contribution in [-0.4, -0.2) is 73.4 Å². The lowest BCUT2D eigenvalue weighted by Gasteiger charge is -2.26. The molecule has 0 aliphatic rings. The Hall–Kier alpha value is -0.760. The van der Waals surface area contributed by atoms with E-state index in [-0.39, 0.29) is 19.1 Å². The minimum atomic E-state index is -4.30. The molecule has 0 saturated heterocycles. The number of allylic oxidation sites excluding steroid dienone is 2. The van der Waals surface area contributed by atoms with E-state index in [9.17, 15) is 19.4 Å². The van der Waals surface area contributed by atoms with Crippen LogP contribution in [0.4, 0.5) is 0 Å². The number of nitrogens with zero attached hydrogens (tertiary/aromatic N) is 1. The summed E-state index contributed by atoms with van der Waals surface area (Å²) in [5.74, 6) is -0.155. The third-order valence-corrected chi connectivity index (χ3v) is 9.75. The van der Waals surface area contributed by atoms with Crippen molar-refractivity contribution in [3.05, 3.63) is 12.2 Å². The number of likely N-dealkylation sites (N-methyl/N-ethyl adjacent to an activating group) is 1. The summed E-state index contributed by atoms with van der Waals surface area (Å²) in [5, 5.41) is 13.9. The topological polar surface area (TPSA) is 105 Å². The molecule has 0 fully saturated rings. The van der Waals surface area contributed by atoms with Gasteiger partial charge >= 0.3 is 7.82 Å². The van der Waals surface area contributed by atoms with E-state index in [0.717, 1.165) is 51.4 Å². The van der Waals surface area contributed by atoms with Gasteiger partial charge in [-0.3, -0.25) is 13.8 Å². The smallest absolute Gasteiger partial charge is 0.391 e. The SMILES string of the molecule is CCCCCC/C=C/CCCCCCCC(=O)N[C@@H](COP(=O)(O)OCC[N+](C)(C)C)[C@H](O)CCCCCCCCCCCCCC. The molecule has 0 bridgehead atoms. The van der Waals surface area contributed by atoms with Crippen LogP contribution in [0.15, 0.2) is 12.2 Å². The van der Waals surface area contributed by atoms with Gasteiger partial charge in [-0.15, -0.1) is 0 Å². The number of aliphatic hydroxyl groups is 1. The second-order valence-electron chi connectivity index (χ2n) is 14.7. The van der Waals surface area contributed by atoms with Gasteiger partial charge in [0.2, 0.25) is 5.91 Å². The van der Waals surface area contributed by atoms with E-state index < -0.39 is 20.0 Å². The zero-order valence-electron chi connectivity index (χ0n) is 31.5. The molecule has 3 N–H and O–H groups in total. The van der Waals surface area contributed by atoms with Gasteiger partial charge in [-0.2, -0.15) is 0 Å². The minimum absolute atomic E-state index is 0.0745. The molecule has 0 rings (SSSR count). The van der Waals surface area contributed by atoms with Gasteiger partial charge in [-0.05, 0) is 38.5 Å². The summed E-state index contributed by atoms with van der Waals surface area (Å²) in [7, 11) is 1.61. The molecule has 47 heavy (non-hydrogen) atoms. The molecule has 8 nitrogen and oxygen atoms in total. The summed E-state index contributed by atoms with van der Waals surface area (Å²) < 4.78 is 23.5. The summed E-state index contributed by atoms with van der Waals surface area (Å²) in [5.41, 5.74) is 0. The molecule has 0 radical (unpaired) electrons. The largest absolute Gasteiger partial charge is 0.472 e. The van der Waals surface area contributed by atoms with Crippen LogP contribution in [0, 0.1) is 0 Å². The lowest BCUT2D eigenvalue weighted by molar-refractivity contribution is -0.870. The molecule has 0 aliphatic carbocycles. The Bertz CT molecular complexity index is 789. The van der Waals surface area contributed by atoms with Crippen molar-refractivity contribution < 1.29 is 32.9 Å². The molecule has 0 aliphatic heterocycles. The lowest BCUT2D eigenvalue weighted by atomic mass is 10.0. The van der Waals surface area contributed by atoms with Crippen molar-refractivity contribution in [2.75, 3.05) is 40.9 Å². The number of aliphatic hydroxyl groups excluding tert-OH is 1. The molecule has 1 unspecified atom stereocenters. The first-order valence-corrected chi connectivity index (χ1v) is 21.0.